The third-order valence-electron chi connectivity index (χ3n) is 2.66. The highest BCUT2D eigenvalue weighted by Gasteiger charge is 2.16. The molecule has 0 aliphatic heterocycles. The lowest BCUT2D eigenvalue weighted by atomic mass is 10.2. The summed E-state index contributed by atoms with van der Waals surface area (Å²) in [5, 5.41) is 14.1. The fourth-order valence-corrected chi connectivity index (χ4v) is 1.86. The molecular weight excluding hydrogens is 268 g/mol. The highest BCUT2D eigenvalue weighted by atomic mass is 35.5. The Bertz CT molecular complexity index is 735. The van der Waals surface area contributed by atoms with Crippen LogP contribution in [0.3, 0.4) is 0 Å². The van der Waals surface area contributed by atoms with Crippen LogP contribution in [0.15, 0.2) is 35.2 Å². The summed E-state index contributed by atoms with van der Waals surface area (Å²) < 4.78 is 6.91. The summed E-state index contributed by atoms with van der Waals surface area (Å²) >= 11 is 5.88. The van der Waals surface area contributed by atoms with Crippen molar-refractivity contribution in [2.45, 2.75) is 0 Å². The topological polar surface area (TPSA) is 77.0 Å². The lowest BCUT2D eigenvalue weighted by Crippen LogP contribution is -1.90. The minimum absolute atomic E-state index is 0.0320. The number of hydrogen-bond donors (Lipinski definition) is 1. The number of aromatic hydroxyl groups is 1. The molecular formula is C12H9ClN4O2. The van der Waals surface area contributed by atoms with Crippen molar-refractivity contribution in [3.63, 3.8) is 0 Å². The SMILES string of the molecule is Cn1cncc1-c1noc(-c2cc(Cl)ccc2O)n1. The quantitative estimate of drug-likeness (QED) is 0.778. The van der Waals surface area contributed by atoms with Gasteiger partial charge in [-0.1, -0.05) is 16.8 Å². The summed E-state index contributed by atoms with van der Waals surface area (Å²) in [5.74, 6) is 0.634. The number of phenols is 1. The fourth-order valence-electron chi connectivity index (χ4n) is 1.69. The Morgan fingerprint density at radius 3 is 2.95 bits per heavy atom. The van der Waals surface area contributed by atoms with Crippen LogP contribution in [0.5, 0.6) is 5.75 Å². The highest BCUT2D eigenvalue weighted by molar-refractivity contribution is 6.30. The summed E-state index contributed by atoms with van der Waals surface area (Å²) in [6.07, 6.45) is 3.27. The van der Waals surface area contributed by atoms with Crippen LogP contribution in [0.2, 0.25) is 5.02 Å². The number of aromatic nitrogens is 4. The van der Waals surface area contributed by atoms with E-state index in [4.69, 9.17) is 16.1 Å². The van der Waals surface area contributed by atoms with Crippen molar-refractivity contribution < 1.29 is 9.63 Å². The van der Waals surface area contributed by atoms with E-state index in [1.165, 1.54) is 6.07 Å². The minimum atomic E-state index is 0.0320. The van der Waals surface area contributed by atoms with Gasteiger partial charge >= 0.3 is 0 Å². The third-order valence-corrected chi connectivity index (χ3v) is 2.90. The Balaban J connectivity index is 2.06. The van der Waals surface area contributed by atoms with Crippen molar-refractivity contribution in [3.8, 4) is 28.7 Å². The van der Waals surface area contributed by atoms with E-state index in [0.717, 1.165) is 5.69 Å². The van der Waals surface area contributed by atoms with Gasteiger partial charge in [0.25, 0.3) is 5.89 Å². The first kappa shape index (κ1) is 11.7. The van der Waals surface area contributed by atoms with Crippen LogP contribution in [0.25, 0.3) is 23.0 Å². The van der Waals surface area contributed by atoms with Crippen LogP contribution in [0, 0.1) is 0 Å². The van der Waals surface area contributed by atoms with E-state index < -0.39 is 0 Å². The van der Waals surface area contributed by atoms with E-state index in [-0.39, 0.29) is 11.6 Å². The van der Waals surface area contributed by atoms with E-state index >= 15 is 0 Å². The number of phenolic OH excluding ortho intramolecular Hbond substituents is 1. The molecule has 1 N–H and O–H groups in total. The first-order valence-corrected chi connectivity index (χ1v) is 5.82. The summed E-state index contributed by atoms with van der Waals surface area (Å²) in [5.41, 5.74) is 1.12. The van der Waals surface area contributed by atoms with Crippen LogP contribution < -0.4 is 0 Å². The molecule has 0 bridgehead atoms. The van der Waals surface area contributed by atoms with E-state index in [9.17, 15) is 5.11 Å². The molecule has 0 saturated carbocycles. The molecule has 0 saturated heterocycles. The van der Waals surface area contributed by atoms with Gasteiger partial charge < -0.3 is 14.2 Å². The molecule has 0 unspecified atom stereocenters. The molecule has 0 atom stereocenters. The van der Waals surface area contributed by atoms with Crippen molar-refractivity contribution in [1.29, 1.82) is 0 Å². The summed E-state index contributed by atoms with van der Waals surface area (Å²) in [6, 6.07) is 4.63. The van der Waals surface area contributed by atoms with E-state index in [2.05, 4.69) is 15.1 Å². The average molecular weight is 277 g/mol. The van der Waals surface area contributed by atoms with Crippen molar-refractivity contribution in [2.75, 3.05) is 0 Å². The Morgan fingerprint density at radius 1 is 1.37 bits per heavy atom. The number of hydrogen-bond acceptors (Lipinski definition) is 5. The molecule has 6 nitrogen and oxygen atoms in total. The largest absolute Gasteiger partial charge is 0.507 e. The van der Waals surface area contributed by atoms with Gasteiger partial charge in [0.15, 0.2) is 0 Å². The van der Waals surface area contributed by atoms with E-state index in [0.29, 0.717) is 16.4 Å². The van der Waals surface area contributed by atoms with Crippen molar-refractivity contribution in [1.82, 2.24) is 19.7 Å². The van der Waals surface area contributed by atoms with Crippen molar-refractivity contribution in [3.05, 3.63) is 35.7 Å². The van der Waals surface area contributed by atoms with Gasteiger partial charge in [0.05, 0.1) is 18.1 Å². The maximum absolute atomic E-state index is 9.78. The van der Waals surface area contributed by atoms with Crippen LogP contribution >= 0.6 is 11.6 Å². The smallest absolute Gasteiger partial charge is 0.262 e. The number of nitrogens with zero attached hydrogens (tertiary/aromatic N) is 4. The average Bonchev–Trinajstić information content (AvgIpc) is 3.00. The number of aryl methyl sites for hydroxylation is 1. The molecule has 3 aromatic rings. The van der Waals surface area contributed by atoms with Gasteiger partial charge in [-0.15, -0.1) is 0 Å². The zero-order valence-electron chi connectivity index (χ0n) is 9.91. The fraction of sp³-hybridized carbons (Fsp3) is 0.0833. The van der Waals surface area contributed by atoms with Gasteiger partial charge in [-0.25, -0.2) is 4.98 Å². The summed E-state index contributed by atoms with van der Waals surface area (Å²) in [6.45, 7) is 0. The maximum atomic E-state index is 9.78. The lowest BCUT2D eigenvalue weighted by Gasteiger charge is -1.99. The van der Waals surface area contributed by atoms with Crippen LogP contribution in [0.4, 0.5) is 0 Å². The lowest BCUT2D eigenvalue weighted by molar-refractivity contribution is 0.425. The van der Waals surface area contributed by atoms with E-state index in [1.807, 2.05) is 7.05 Å². The number of halogens is 1. The Hall–Kier alpha value is -2.34. The van der Waals surface area contributed by atoms with Crippen molar-refractivity contribution >= 4 is 11.6 Å². The highest BCUT2D eigenvalue weighted by Crippen LogP contribution is 2.31. The predicted octanol–water partition coefficient (Wildman–Crippen LogP) is 2.50. The number of rotatable bonds is 2. The van der Waals surface area contributed by atoms with Crippen molar-refractivity contribution in [2.24, 2.45) is 7.05 Å². The molecule has 2 aromatic heterocycles. The second kappa shape index (κ2) is 4.40. The van der Waals surface area contributed by atoms with Crippen LogP contribution in [-0.4, -0.2) is 24.8 Å². The second-order valence-electron chi connectivity index (χ2n) is 3.97. The van der Waals surface area contributed by atoms with Crippen LogP contribution in [-0.2, 0) is 7.05 Å². The molecule has 0 amide bonds. The normalized spacial score (nSPS) is 10.8. The number of benzene rings is 1. The zero-order chi connectivity index (χ0) is 13.4. The van der Waals surface area contributed by atoms with Gasteiger partial charge in [0.1, 0.15) is 11.4 Å². The Kier molecular flexibility index (Phi) is 2.72. The third kappa shape index (κ3) is 2.06. The van der Waals surface area contributed by atoms with E-state index in [1.54, 1.807) is 29.2 Å². The predicted molar refractivity (Wildman–Crippen MR) is 68.6 cm³/mol. The Labute approximate surface area is 113 Å². The molecule has 7 heteroatoms. The standard InChI is InChI=1S/C12H9ClN4O2/c1-17-6-14-5-9(17)11-15-12(19-16-11)8-4-7(13)2-3-10(8)18/h2-6,18H,1H3. The van der Waals surface area contributed by atoms with Crippen LogP contribution in [0.1, 0.15) is 0 Å². The molecule has 0 fully saturated rings. The molecule has 96 valence electrons. The summed E-state index contributed by atoms with van der Waals surface area (Å²) in [4.78, 5) is 8.21. The number of imidazole rings is 1. The van der Waals surface area contributed by atoms with Gasteiger partial charge in [-0.2, -0.15) is 4.98 Å². The molecule has 0 aliphatic rings. The molecule has 3 rings (SSSR count). The zero-order valence-corrected chi connectivity index (χ0v) is 10.7. The Morgan fingerprint density at radius 2 is 2.21 bits per heavy atom. The maximum Gasteiger partial charge on any atom is 0.262 e. The second-order valence-corrected chi connectivity index (χ2v) is 4.41. The molecule has 2 heterocycles. The first-order chi connectivity index (χ1) is 9.15. The molecule has 1 aromatic carbocycles. The molecule has 0 spiro atoms. The minimum Gasteiger partial charge on any atom is -0.507 e. The monoisotopic (exact) mass is 276 g/mol. The van der Waals surface area contributed by atoms with Gasteiger partial charge in [-0.3, -0.25) is 0 Å². The molecule has 0 aliphatic carbocycles. The van der Waals surface area contributed by atoms with Gasteiger partial charge in [0, 0.05) is 12.1 Å². The summed E-state index contributed by atoms with van der Waals surface area (Å²) in [7, 11) is 1.83. The van der Waals surface area contributed by atoms with Gasteiger partial charge in [0.2, 0.25) is 5.82 Å². The first-order valence-electron chi connectivity index (χ1n) is 5.44. The van der Waals surface area contributed by atoms with Gasteiger partial charge in [-0.05, 0) is 18.2 Å². The molecule has 0 radical (unpaired) electrons. The molecule has 19 heavy (non-hydrogen) atoms.